The summed E-state index contributed by atoms with van der Waals surface area (Å²) in [5, 5.41) is 1.60. The quantitative estimate of drug-likeness (QED) is 0.559. The second kappa shape index (κ2) is 8.46. The van der Waals surface area contributed by atoms with Crippen LogP contribution in [0.25, 0.3) is 11.0 Å². The number of carbonyl (C=O) groups is 2. The summed E-state index contributed by atoms with van der Waals surface area (Å²) in [5.41, 5.74) is -3.48. The number of amides is 2. The summed E-state index contributed by atoms with van der Waals surface area (Å²) in [6.07, 6.45) is -4.73. The minimum atomic E-state index is -4.73. The molecule has 0 radical (unpaired) electrons. The summed E-state index contributed by atoms with van der Waals surface area (Å²) in [7, 11) is 1.19. The van der Waals surface area contributed by atoms with E-state index in [4.69, 9.17) is 0 Å². The molecule has 4 heterocycles. The third-order valence-corrected chi connectivity index (χ3v) is 6.28. The molecule has 0 aromatic carbocycles. The Balaban J connectivity index is 1.53. The van der Waals surface area contributed by atoms with Gasteiger partial charge in [0, 0.05) is 33.2 Å². The molecule has 1 aliphatic rings. The van der Waals surface area contributed by atoms with Gasteiger partial charge in [-0.2, -0.15) is 13.2 Å². The zero-order chi connectivity index (χ0) is 23.9. The van der Waals surface area contributed by atoms with Crippen LogP contribution in [0, 0.1) is 0 Å². The maximum atomic E-state index is 13.0. The van der Waals surface area contributed by atoms with Crippen molar-refractivity contribution in [2.45, 2.75) is 12.7 Å². The van der Waals surface area contributed by atoms with Crippen LogP contribution >= 0.6 is 11.3 Å². The van der Waals surface area contributed by atoms with Gasteiger partial charge in [0.1, 0.15) is 17.9 Å². The van der Waals surface area contributed by atoms with E-state index in [-0.39, 0.29) is 24.4 Å². The monoisotopic (exact) mass is 481 g/mol. The molecule has 4 rings (SSSR count). The number of hydrogen-bond donors (Lipinski definition) is 0. The number of rotatable bonds is 3. The summed E-state index contributed by atoms with van der Waals surface area (Å²) in [5.74, 6) is -0.626. The van der Waals surface area contributed by atoms with Crippen LogP contribution in [0.15, 0.2) is 39.2 Å². The van der Waals surface area contributed by atoms with Crippen molar-refractivity contribution in [3.8, 4) is 0 Å². The Labute approximate surface area is 188 Å². The van der Waals surface area contributed by atoms with Gasteiger partial charge in [0.25, 0.3) is 11.5 Å². The van der Waals surface area contributed by atoms with E-state index in [0.717, 1.165) is 10.6 Å². The molecule has 0 atom stereocenters. The van der Waals surface area contributed by atoms with Gasteiger partial charge in [0.2, 0.25) is 5.91 Å². The predicted octanol–water partition coefficient (Wildman–Crippen LogP) is 1.16. The predicted molar refractivity (Wildman–Crippen MR) is 113 cm³/mol. The maximum absolute atomic E-state index is 13.0. The number of aromatic nitrogens is 3. The van der Waals surface area contributed by atoms with E-state index in [1.807, 2.05) is 0 Å². The van der Waals surface area contributed by atoms with Crippen molar-refractivity contribution in [1.29, 1.82) is 0 Å². The Morgan fingerprint density at radius 3 is 2.33 bits per heavy atom. The first kappa shape index (κ1) is 22.7. The van der Waals surface area contributed by atoms with E-state index in [2.05, 4.69) is 4.98 Å². The van der Waals surface area contributed by atoms with Crippen molar-refractivity contribution in [1.82, 2.24) is 23.9 Å². The number of alkyl halides is 3. The third-order valence-electron chi connectivity index (χ3n) is 5.42. The molecule has 1 aliphatic heterocycles. The van der Waals surface area contributed by atoms with Crippen LogP contribution in [-0.2, 0) is 24.6 Å². The lowest BCUT2D eigenvalue weighted by Crippen LogP contribution is -2.52. The van der Waals surface area contributed by atoms with Crippen LogP contribution in [0.3, 0.4) is 0 Å². The van der Waals surface area contributed by atoms with E-state index >= 15 is 0 Å². The molecule has 9 nitrogen and oxygen atoms in total. The Morgan fingerprint density at radius 2 is 1.73 bits per heavy atom. The van der Waals surface area contributed by atoms with Gasteiger partial charge >= 0.3 is 11.9 Å². The molecular weight excluding hydrogens is 463 g/mol. The van der Waals surface area contributed by atoms with Crippen LogP contribution in [0.1, 0.15) is 15.4 Å². The van der Waals surface area contributed by atoms with Gasteiger partial charge in [0.05, 0.1) is 10.3 Å². The fraction of sp³-hybridized carbons (Fsp3) is 0.350. The highest BCUT2D eigenvalue weighted by Gasteiger charge is 2.33. The first-order chi connectivity index (χ1) is 15.6. The first-order valence-corrected chi connectivity index (χ1v) is 10.7. The van der Waals surface area contributed by atoms with Crippen molar-refractivity contribution in [2.24, 2.45) is 7.05 Å². The minimum Gasteiger partial charge on any atom is -0.338 e. The van der Waals surface area contributed by atoms with Crippen LogP contribution in [0.2, 0.25) is 0 Å². The van der Waals surface area contributed by atoms with Gasteiger partial charge in [-0.05, 0) is 23.6 Å². The molecular formula is C20H18F3N5O4S. The van der Waals surface area contributed by atoms with Crippen LogP contribution in [0.4, 0.5) is 13.2 Å². The Bertz CT molecular complexity index is 1340. The van der Waals surface area contributed by atoms with Crippen molar-refractivity contribution in [3.63, 3.8) is 0 Å². The molecule has 0 N–H and O–H groups in total. The number of fused-ring (bicyclic) bond motifs is 1. The zero-order valence-electron chi connectivity index (χ0n) is 17.3. The Hall–Kier alpha value is -3.48. The summed E-state index contributed by atoms with van der Waals surface area (Å²) in [4.78, 5) is 57.7. The number of aryl methyl sites for hydroxylation is 1. The number of nitrogens with zero attached hydrogens (tertiary/aromatic N) is 5. The molecule has 0 saturated carbocycles. The molecule has 2 amide bonds. The van der Waals surface area contributed by atoms with Crippen LogP contribution in [-0.4, -0.2) is 61.9 Å². The molecule has 0 aliphatic carbocycles. The summed E-state index contributed by atoms with van der Waals surface area (Å²) < 4.78 is 40.4. The summed E-state index contributed by atoms with van der Waals surface area (Å²) in [6, 6.07) is 5.10. The van der Waals surface area contributed by atoms with Crippen LogP contribution < -0.4 is 11.2 Å². The highest BCUT2D eigenvalue weighted by atomic mass is 32.1. The molecule has 0 unspecified atom stereocenters. The average Bonchev–Trinajstić information content (AvgIpc) is 3.34. The van der Waals surface area contributed by atoms with Gasteiger partial charge in [-0.25, -0.2) is 9.78 Å². The number of carbonyl (C=O) groups excluding carboxylic acids is 2. The maximum Gasteiger partial charge on any atom is 0.433 e. The smallest absolute Gasteiger partial charge is 0.338 e. The molecule has 3 aromatic rings. The second-order valence-corrected chi connectivity index (χ2v) is 8.40. The lowest BCUT2D eigenvalue weighted by molar-refractivity contribution is -0.141. The van der Waals surface area contributed by atoms with Gasteiger partial charge in [-0.1, -0.05) is 6.07 Å². The van der Waals surface area contributed by atoms with E-state index < -0.39 is 41.2 Å². The zero-order valence-corrected chi connectivity index (χ0v) is 18.1. The first-order valence-electron chi connectivity index (χ1n) is 9.86. The fourth-order valence-electron chi connectivity index (χ4n) is 3.62. The van der Waals surface area contributed by atoms with Gasteiger partial charge < -0.3 is 9.80 Å². The normalized spacial score (nSPS) is 14.7. The molecule has 13 heteroatoms. The molecule has 0 bridgehead atoms. The number of pyridine rings is 1. The molecule has 1 saturated heterocycles. The largest absolute Gasteiger partial charge is 0.433 e. The lowest BCUT2D eigenvalue weighted by atomic mass is 10.2. The van der Waals surface area contributed by atoms with Crippen LogP contribution in [0.5, 0.6) is 0 Å². The topological polar surface area (TPSA) is 97.5 Å². The molecule has 3 aromatic heterocycles. The number of hydrogen-bond acceptors (Lipinski definition) is 6. The van der Waals surface area contributed by atoms with Crippen molar-refractivity contribution in [3.05, 3.63) is 61.1 Å². The Kier molecular flexibility index (Phi) is 5.82. The van der Waals surface area contributed by atoms with Crippen molar-refractivity contribution in [2.75, 3.05) is 26.2 Å². The standard InChI is InChI=1S/C20H18F3N5O4S/c1-25-16-12(4-5-14(24-16)20(21,22)23)17(30)28(19(25)32)11-15(29)26-6-8-27(9-7-26)18(31)13-3-2-10-33-13/h2-5,10H,6-9,11H2,1H3. The number of thiophene rings is 1. The van der Waals surface area contributed by atoms with Crippen molar-refractivity contribution < 1.29 is 22.8 Å². The SMILES string of the molecule is Cn1c(=O)n(CC(=O)N2CCN(C(=O)c3cccs3)CC2)c(=O)c2ccc(C(F)(F)F)nc21. The van der Waals surface area contributed by atoms with E-state index in [9.17, 15) is 32.3 Å². The van der Waals surface area contributed by atoms with Gasteiger partial charge in [-0.3, -0.25) is 23.5 Å². The van der Waals surface area contributed by atoms with Crippen molar-refractivity contribution >= 4 is 34.2 Å². The van der Waals surface area contributed by atoms with Gasteiger partial charge in [-0.15, -0.1) is 11.3 Å². The molecule has 33 heavy (non-hydrogen) atoms. The highest BCUT2D eigenvalue weighted by Crippen LogP contribution is 2.28. The molecule has 1 fully saturated rings. The van der Waals surface area contributed by atoms with E-state index in [1.54, 1.807) is 22.4 Å². The molecule has 174 valence electrons. The highest BCUT2D eigenvalue weighted by molar-refractivity contribution is 7.12. The third kappa shape index (κ3) is 4.27. The second-order valence-electron chi connectivity index (χ2n) is 7.45. The van der Waals surface area contributed by atoms with E-state index in [1.165, 1.54) is 23.3 Å². The fourth-order valence-corrected chi connectivity index (χ4v) is 4.31. The summed E-state index contributed by atoms with van der Waals surface area (Å²) in [6.45, 7) is 0.500. The average molecular weight is 481 g/mol. The number of halogens is 3. The lowest BCUT2D eigenvalue weighted by Gasteiger charge is -2.34. The Morgan fingerprint density at radius 1 is 1.06 bits per heavy atom. The summed E-state index contributed by atoms with van der Waals surface area (Å²) >= 11 is 1.33. The number of piperazine rings is 1. The molecule has 0 spiro atoms. The van der Waals surface area contributed by atoms with Gasteiger partial charge in [0.15, 0.2) is 0 Å². The van der Waals surface area contributed by atoms with E-state index in [0.29, 0.717) is 28.6 Å². The minimum absolute atomic E-state index is 0.123.